The maximum absolute atomic E-state index is 9.25. The van der Waals surface area contributed by atoms with Crippen LogP contribution >= 0.6 is 0 Å². The molecule has 0 bridgehead atoms. The van der Waals surface area contributed by atoms with Crippen molar-refractivity contribution < 1.29 is 107 Å². The van der Waals surface area contributed by atoms with Crippen LogP contribution in [0.3, 0.4) is 0 Å². The Balaban J connectivity index is -0.00000000500. The first-order valence-electron chi connectivity index (χ1n) is 0.267. The molecule has 3 heteroatoms. The van der Waals surface area contributed by atoms with Gasteiger partial charge in [0.05, 0.1) is 0 Å². The second kappa shape index (κ2) is 16.4. The molecule has 0 radical (unpaired) electrons. The van der Waals surface area contributed by atoms with E-state index < -0.39 is 0 Å². The third-order valence-electron chi connectivity index (χ3n) is 0. The summed E-state index contributed by atoms with van der Waals surface area (Å²) in [6.07, 6.45) is 0. The normalized spacial score (nSPS) is 1.50. The Bertz CT molecular complexity index is 6.00. The quantitative estimate of drug-likeness (QED) is 0.216. The molecule has 0 amide bonds. The monoisotopic (exact) mass is 111 g/mol. The van der Waals surface area contributed by atoms with Gasteiger partial charge in [0.1, 0.15) is 0 Å². The van der Waals surface area contributed by atoms with Crippen LogP contribution in [0.25, 0.3) is 0 Å². The summed E-state index contributed by atoms with van der Waals surface area (Å²) < 4.78 is 9.25. The second-order valence-corrected chi connectivity index (χ2v) is 0. The molecular formula is CH2FK2+. The summed E-state index contributed by atoms with van der Waals surface area (Å²) in [6.45, 7) is 0. The molecule has 0 unspecified atom stereocenters. The van der Waals surface area contributed by atoms with Crippen LogP contribution in [0, 0.1) is 7.18 Å². The maximum atomic E-state index is 9.25. The van der Waals surface area contributed by atoms with E-state index >= 15 is 0 Å². The summed E-state index contributed by atoms with van der Waals surface area (Å²) >= 11 is 0. The van der Waals surface area contributed by atoms with Crippen molar-refractivity contribution in [3.8, 4) is 0 Å². The van der Waals surface area contributed by atoms with Crippen LogP contribution in [0.15, 0.2) is 0 Å². The zero-order chi connectivity index (χ0) is 2.00. The third kappa shape index (κ3) is 8.96. The molecule has 0 nitrogen and oxygen atoms in total. The van der Waals surface area contributed by atoms with Crippen LogP contribution < -0.4 is 103 Å². The fraction of sp³-hybridized carbons (Fsp3) is 0. The number of hydrogen-bond acceptors (Lipinski definition) is 0. The van der Waals surface area contributed by atoms with E-state index in [0.717, 1.165) is 0 Å². The van der Waals surface area contributed by atoms with Gasteiger partial charge in [-0.3, -0.25) is 0 Å². The zero-order valence-corrected chi connectivity index (χ0v) is 9.33. The Kier molecular flexibility index (Phi) is 64.2. The van der Waals surface area contributed by atoms with Gasteiger partial charge >= 0.3 is 103 Å². The summed E-state index contributed by atoms with van der Waals surface area (Å²) in [5.74, 6) is 0. The van der Waals surface area contributed by atoms with Gasteiger partial charge < -0.3 is 4.39 Å². The van der Waals surface area contributed by atoms with Crippen LogP contribution in [0.5, 0.6) is 0 Å². The molecule has 0 rings (SSSR count). The summed E-state index contributed by atoms with van der Waals surface area (Å²) in [6, 6.07) is 0. The van der Waals surface area contributed by atoms with E-state index in [4.69, 9.17) is 0 Å². The van der Waals surface area contributed by atoms with Crippen LogP contribution in [0.4, 0.5) is 4.39 Å². The molecule has 4 heavy (non-hydrogen) atoms. The molecule has 0 aromatic carbocycles. The first-order valence-corrected chi connectivity index (χ1v) is 0.267. The Hall–Kier alpha value is 3.20. The number of rotatable bonds is 0. The van der Waals surface area contributed by atoms with Crippen LogP contribution in [-0.4, -0.2) is 0 Å². The standard InChI is InChI=1S/CH2F.2K/c1-2;;/h1H2;;/q-1;2*+1. The van der Waals surface area contributed by atoms with Gasteiger partial charge in [0.15, 0.2) is 0 Å². The predicted molar refractivity (Wildman–Crippen MR) is 6.46 cm³/mol. The van der Waals surface area contributed by atoms with Crippen molar-refractivity contribution in [3.63, 3.8) is 0 Å². The van der Waals surface area contributed by atoms with Gasteiger partial charge in [-0.2, -0.15) is 7.18 Å². The Morgan fingerprint density at radius 3 is 1.00 bits per heavy atom. The molecule has 0 saturated carbocycles. The molecule has 0 aromatic rings. The molecule has 0 atom stereocenters. The van der Waals surface area contributed by atoms with E-state index in [1.165, 1.54) is 0 Å². The van der Waals surface area contributed by atoms with Crippen molar-refractivity contribution in [2.24, 2.45) is 0 Å². The Morgan fingerprint density at radius 1 is 1.00 bits per heavy atom. The summed E-state index contributed by atoms with van der Waals surface area (Å²) in [5, 5.41) is 0. The van der Waals surface area contributed by atoms with Crippen molar-refractivity contribution in [1.82, 2.24) is 0 Å². The van der Waals surface area contributed by atoms with E-state index in [9.17, 15) is 4.39 Å². The van der Waals surface area contributed by atoms with Crippen LogP contribution in [-0.2, 0) is 0 Å². The van der Waals surface area contributed by atoms with Gasteiger partial charge in [0.25, 0.3) is 0 Å². The maximum Gasteiger partial charge on any atom is 1.00 e. The first-order chi connectivity index (χ1) is 1.00. The van der Waals surface area contributed by atoms with E-state index in [0.29, 0.717) is 0 Å². The van der Waals surface area contributed by atoms with Gasteiger partial charge in [0, 0.05) is 0 Å². The minimum absolute atomic E-state index is 0. The van der Waals surface area contributed by atoms with Crippen molar-refractivity contribution in [2.45, 2.75) is 0 Å². The smallest absolute Gasteiger partial charge is 0.463 e. The molecule has 0 N–H and O–H groups in total. The summed E-state index contributed by atoms with van der Waals surface area (Å²) in [4.78, 5) is 0. The van der Waals surface area contributed by atoms with Gasteiger partial charge in [-0.15, -0.1) is 0 Å². The predicted octanol–water partition coefficient (Wildman–Crippen LogP) is -5.24. The minimum Gasteiger partial charge on any atom is -0.463 e. The van der Waals surface area contributed by atoms with Crippen molar-refractivity contribution in [3.05, 3.63) is 7.18 Å². The number of halogens is 1. The van der Waals surface area contributed by atoms with Crippen molar-refractivity contribution in [2.75, 3.05) is 0 Å². The molecule has 0 aliphatic carbocycles. The Labute approximate surface area is 111 Å². The van der Waals surface area contributed by atoms with Crippen molar-refractivity contribution in [1.29, 1.82) is 0 Å². The van der Waals surface area contributed by atoms with E-state index in [2.05, 4.69) is 0 Å². The topological polar surface area (TPSA) is 0 Å². The molecular weight excluding hydrogens is 109 g/mol. The van der Waals surface area contributed by atoms with E-state index in [-0.39, 0.29) is 103 Å². The van der Waals surface area contributed by atoms with Gasteiger partial charge in [-0.1, -0.05) is 0 Å². The average Bonchev–Trinajstić information content (AvgIpc) is 1.00. The van der Waals surface area contributed by atoms with Gasteiger partial charge in [-0.05, 0) is 0 Å². The van der Waals surface area contributed by atoms with Gasteiger partial charge in [0.2, 0.25) is 0 Å². The van der Waals surface area contributed by atoms with E-state index in [1.807, 2.05) is 0 Å². The van der Waals surface area contributed by atoms with Crippen LogP contribution in [0.1, 0.15) is 0 Å². The largest absolute Gasteiger partial charge is 1.00 e. The van der Waals surface area contributed by atoms with E-state index in [1.54, 1.807) is 7.18 Å². The Morgan fingerprint density at radius 2 is 1.00 bits per heavy atom. The van der Waals surface area contributed by atoms with Crippen molar-refractivity contribution >= 4 is 0 Å². The molecule has 0 saturated heterocycles. The van der Waals surface area contributed by atoms with Gasteiger partial charge in [-0.25, -0.2) is 0 Å². The summed E-state index contributed by atoms with van der Waals surface area (Å²) in [7, 11) is 1.75. The minimum atomic E-state index is 0. The molecule has 0 heterocycles. The second-order valence-electron chi connectivity index (χ2n) is 0. The number of hydrogen-bond donors (Lipinski definition) is 0. The zero-order valence-electron chi connectivity index (χ0n) is 3.09. The summed E-state index contributed by atoms with van der Waals surface area (Å²) in [5.41, 5.74) is 0. The molecule has 0 aliphatic rings. The molecule has 0 fully saturated rings. The third-order valence-corrected chi connectivity index (χ3v) is 0. The van der Waals surface area contributed by atoms with Crippen LogP contribution in [0.2, 0.25) is 0 Å². The first kappa shape index (κ1) is 15.7. The fourth-order valence-electron chi connectivity index (χ4n) is 0. The molecule has 14 valence electrons. The molecule has 0 spiro atoms. The molecule has 0 aliphatic heterocycles. The fourth-order valence-corrected chi connectivity index (χ4v) is 0. The SMILES string of the molecule is [CH2-]F.[K+].[K+]. The average molecular weight is 111 g/mol. The molecule has 0 aromatic heterocycles.